The predicted octanol–water partition coefficient (Wildman–Crippen LogP) is 4.24. The summed E-state index contributed by atoms with van der Waals surface area (Å²) in [5.74, 6) is -2.09. The van der Waals surface area contributed by atoms with Crippen LogP contribution < -0.4 is 5.32 Å². The lowest BCUT2D eigenvalue weighted by atomic mass is 9.77. The lowest BCUT2D eigenvalue weighted by Crippen LogP contribution is -2.47. The number of amides is 1. The van der Waals surface area contributed by atoms with Crippen molar-refractivity contribution in [2.24, 2.45) is 5.41 Å². The van der Waals surface area contributed by atoms with Crippen LogP contribution in [0.4, 0.5) is 8.78 Å². The van der Waals surface area contributed by atoms with Gasteiger partial charge in [0.05, 0.1) is 0 Å². The van der Waals surface area contributed by atoms with Gasteiger partial charge in [0.15, 0.2) is 5.11 Å². The van der Waals surface area contributed by atoms with Crippen molar-refractivity contribution < 1.29 is 13.6 Å². The minimum Gasteiger partial charge on any atom is -0.359 e. The minimum absolute atomic E-state index is 0.102. The number of piperidine rings is 1. The summed E-state index contributed by atoms with van der Waals surface area (Å²) in [6.07, 6.45) is 4.66. The molecule has 1 spiro atoms. The van der Waals surface area contributed by atoms with Crippen LogP contribution in [0.15, 0.2) is 36.4 Å². The van der Waals surface area contributed by atoms with E-state index in [2.05, 4.69) is 34.5 Å². The first-order valence-electron chi connectivity index (χ1n) is 11.7. The molecule has 3 aliphatic rings. The summed E-state index contributed by atoms with van der Waals surface area (Å²) in [6, 6.07) is 11.4. The normalized spacial score (nSPS) is 19.7. The SMILES string of the molecule is Cc1ccc(F)c(C(=O)N2CCC3(CC2)CCN(C(=S)NC2Cc4ccccc4C2)C3)c1F. The maximum absolute atomic E-state index is 14.4. The van der Waals surface area contributed by atoms with E-state index in [9.17, 15) is 13.6 Å². The molecule has 2 heterocycles. The number of nitrogens with one attached hydrogen (secondary N) is 1. The molecule has 4 nitrogen and oxygen atoms in total. The van der Waals surface area contributed by atoms with Crippen LogP contribution in [0.3, 0.4) is 0 Å². The third kappa shape index (κ3) is 4.23. The molecule has 0 atom stereocenters. The number of rotatable bonds is 2. The molecule has 2 saturated heterocycles. The lowest BCUT2D eigenvalue weighted by Gasteiger charge is -2.39. The number of thiocarbonyl (C=S) groups is 1. The van der Waals surface area contributed by atoms with E-state index in [0.717, 1.165) is 50.3 Å². The molecule has 2 aromatic rings. The molecular formula is C26H29F2N3OS. The van der Waals surface area contributed by atoms with Crippen LogP contribution in [-0.4, -0.2) is 53.0 Å². The quantitative estimate of drug-likeness (QED) is 0.668. The highest BCUT2D eigenvalue weighted by Gasteiger charge is 2.43. The molecule has 1 amide bonds. The van der Waals surface area contributed by atoms with Gasteiger partial charge in [0.25, 0.3) is 5.91 Å². The van der Waals surface area contributed by atoms with Crippen LogP contribution in [0.1, 0.15) is 46.3 Å². The van der Waals surface area contributed by atoms with E-state index in [1.807, 2.05) is 0 Å². The largest absolute Gasteiger partial charge is 0.359 e. The zero-order chi connectivity index (χ0) is 23.2. The second-order valence-electron chi connectivity index (χ2n) is 9.84. The Morgan fingerprint density at radius 1 is 1.00 bits per heavy atom. The Hall–Kier alpha value is -2.54. The Kier molecular flexibility index (Phi) is 5.85. The highest BCUT2D eigenvalue weighted by Crippen LogP contribution is 2.41. The monoisotopic (exact) mass is 469 g/mol. The molecule has 2 aromatic carbocycles. The lowest BCUT2D eigenvalue weighted by molar-refractivity contribution is 0.0589. The molecule has 0 unspecified atom stereocenters. The number of fused-ring (bicyclic) bond motifs is 1. The third-order valence-electron chi connectivity index (χ3n) is 7.71. The second kappa shape index (κ2) is 8.67. The van der Waals surface area contributed by atoms with E-state index in [0.29, 0.717) is 19.1 Å². The second-order valence-corrected chi connectivity index (χ2v) is 10.2. The van der Waals surface area contributed by atoms with E-state index in [4.69, 9.17) is 12.2 Å². The summed E-state index contributed by atoms with van der Waals surface area (Å²) in [5.41, 5.74) is 2.75. The summed E-state index contributed by atoms with van der Waals surface area (Å²) in [6.45, 7) is 4.34. The highest BCUT2D eigenvalue weighted by atomic mass is 32.1. The van der Waals surface area contributed by atoms with Gasteiger partial charge in [0.1, 0.15) is 17.2 Å². The van der Waals surface area contributed by atoms with Crippen molar-refractivity contribution in [3.8, 4) is 0 Å². The summed E-state index contributed by atoms with van der Waals surface area (Å²) in [5, 5.41) is 4.38. The van der Waals surface area contributed by atoms with Crippen molar-refractivity contribution in [3.63, 3.8) is 0 Å². The first kappa shape index (κ1) is 22.3. The van der Waals surface area contributed by atoms with Gasteiger partial charge >= 0.3 is 0 Å². The van der Waals surface area contributed by atoms with Crippen LogP contribution in [0.2, 0.25) is 0 Å². The van der Waals surface area contributed by atoms with Crippen molar-refractivity contribution in [2.45, 2.75) is 45.1 Å². The molecule has 5 rings (SSSR count). The standard InChI is InChI=1S/C26H29F2N3OS/c1-17-6-7-21(27)22(23(17)28)24(32)30-11-8-26(9-12-30)10-13-31(16-26)25(33)29-20-14-18-4-2-3-5-19(18)15-20/h2-7,20H,8-16H2,1H3,(H,29,33). The number of hydrogen-bond donors (Lipinski definition) is 1. The Labute approximate surface area is 199 Å². The average Bonchev–Trinajstić information content (AvgIpc) is 3.41. The highest BCUT2D eigenvalue weighted by molar-refractivity contribution is 7.80. The number of hydrogen-bond acceptors (Lipinski definition) is 2. The van der Waals surface area contributed by atoms with Crippen LogP contribution in [0, 0.1) is 24.0 Å². The fourth-order valence-electron chi connectivity index (χ4n) is 5.64. The van der Waals surface area contributed by atoms with Crippen LogP contribution >= 0.6 is 12.2 Å². The minimum atomic E-state index is -0.791. The number of halogens is 2. The van der Waals surface area contributed by atoms with Crippen LogP contribution in [-0.2, 0) is 12.8 Å². The smallest absolute Gasteiger partial charge is 0.259 e. The van der Waals surface area contributed by atoms with Gasteiger partial charge in [-0.15, -0.1) is 0 Å². The Morgan fingerprint density at radius 2 is 1.61 bits per heavy atom. The van der Waals surface area contributed by atoms with Gasteiger partial charge in [-0.2, -0.15) is 0 Å². The fraction of sp³-hybridized carbons (Fsp3) is 0.462. The summed E-state index contributed by atoms with van der Waals surface area (Å²) < 4.78 is 28.6. The number of carbonyl (C=O) groups is 1. The molecule has 1 aliphatic carbocycles. The molecule has 0 aromatic heterocycles. The van der Waals surface area contributed by atoms with E-state index >= 15 is 0 Å². The fourth-order valence-corrected chi connectivity index (χ4v) is 5.96. The molecule has 1 N–H and O–H groups in total. The number of carbonyl (C=O) groups excluding carboxylic acids is 1. The third-order valence-corrected chi connectivity index (χ3v) is 8.09. The van der Waals surface area contributed by atoms with Gasteiger partial charge in [-0.1, -0.05) is 30.3 Å². The van der Waals surface area contributed by atoms with E-state index in [1.165, 1.54) is 23.3 Å². The number of nitrogens with zero attached hydrogens (tertiary/aromatic N) is 2. The van der Waals surface area contributed by atoms with Crippen molar-refractivity contribution in [3.05, 3.63) is 70.3 Å². The van der Waals surface area contributed by atoms with Gasteiger partial charge in [-0.25, -0.2) is 8.78 Å². The zero-order valence-electron chi connectivity index (χ0n) is 18.9. The summed E-state index contributed by atoms with van der Waals surface area (Å²) in [7, 11) is 0. The van der Waals surface area contributed by atoms with Gasteiger partial charge in [-0.3, -0.25) is 4.79 Å². The number of likely N-dealkylation sites (tertiary alicyclic amines) is 2. The summed E-state index contributed by atoms with van der Waals surface area (Å²) >= 11 is 5.75. The van der Waals surface area contributed by atoms with E-state index in [1.54, 1.807) is 11.8 Å². The molecule has 174 valence electrons. The van der Waals surface area contributed by atoms with Crippen molar-refractivity contribution in [1.29, 1.82) is 0 Å². The predicted molar refractivity (Wildman–Crippen MR) is 128 cm³/mol. The van der Waals surface area contributed by atoms with Gasteiger partial charge in [-0.05, 0) is 79.4 Å². The topological polar surface area (TPSA) is 35.6 Å². The van der Waals surface area contributed by atoms with Gasteiger partial charge in [0, 0.05) is 32.2 Å². The van der Waals surface area contributed by atoms with Crippen LogP contribution in [0.5, 0.6) is 0 Å². The first-order chi connectivity index (χ1) is 15.8. The van der Waals surface area contributed by atoms with Crippen LogP contribution in [0.25, 0.3) is 0 Å². The number of aryl methyl sites for hydroxylation is 1. The van der Waals surface area contributed by atoms with E-state index < -0.39 is 23.1 Å². The molecule has 33 heavy (non-hydrogen) atoms. The Bertz CT molecular complexity index is 1070. The van der Waals surface area contributed by atoms with E-state index in [-0.39, 0.29) is 11.0 Å². The molecule has 7 heteroatoms. The maximum Gasteiger partial charge on any atom is 0.259 e. The van der Waals surface area contributed by atoms with Crippen molar-refractivity contribution >= 4 is 23.2 Å². The van der Waals surface area contributed by atoms with Crippen molar-refractivity contribution in [2.75, 3.05) is 26.2 Å². The molecule has 2 fully saturated rings. The summed E-state index contributed by atoms with van der Waals surface area (Å²) in [4.78, 5) is 16.7. The van der Waals surface area contributed by atoms with Crippen molar-refractivity contribution in [1.82, 2.24) is 15.1 Å². The Balaban J connectivity index is 1.17. The maximum atomic E-state index is 14.4. The zero-order valence-corrected chi connectivity index (χ0v) is 19.7. The molecule has 0 bridgehead atoms. The molecular weight excluding hydrogens is 440 g/mol. The first-order valence-corrected chi connectivity index (χ1v) is 12.1. The molecule has 2 aliphatic heterocycles. The molecule has 0 saturated carbocycles. The average molecular weight is 470 g/mol. The van der Waals surface area contributed by atoms with Gasteiger partial charge < -0.3 is 15.1 Å². The molecule has 0 radical (unpaired) electrons. The van der Waals surface area contributed by atoms with Gasteiger partial charge in [0.2, 0.25) is 0 Å². The number of benzene rings is 2. The Morgan fingerprint density at radius 3 is 2.24 bits per heavy atom.